The van der Waals surface area contributed by atoms with E-state index in [9.17, 15) is 14.0 Å². The third kappa shape index (κ3) is 3.49. The van der Waals surface area contributed by atoms with Gasteiger partial charge in [-0.1, -0.05) is 36.4 Å². The van der Waals surface area contributed by atoms with Crippen LogP contribution in [-0.2, 0) is 20.7 Å². The van der Waals surface area contributed by atoms with Crippen molar-refractivity contribution in [1.82, 2.24) is 9.80 Å². The van der Waals surface area contributed by atoms with Crippen molar-refractivity contribution in [2.45, 2.75) is 31.4 Å². The molecule has 6 heteroatoms. The minimum atomic E-state index is -0.778. The summed E-state index contributed by atoms with van der Waals surface area (Å²) in [6.07, 6.45) is 2.50. The van der Waals surface area contributed by atoms with Gasteiger partial charge in [0.25, 0.3) is 0 Å². The maximum absolute atomic E-state index is 13.5. The van der Waals surface area contributed by atoms with Crippen LogP contribution in [0.1, 0.15) is 35.6 Å². The molecule has 3 fully saturated rings. The Balaban J connectivity index is 1.40. The van der Waals surface area contributed by atoms with Crippen LogP contribution in [0.3, 0.4) is 0 Å². The first-order chi connectivity index (χ1) is 14.6. The molecule has 3 saturated heterocycles. The highest BCUT2D eigenvalue weighted by atomic mass is 19.1. The van der Waals surface area contributed by atoms with E-state index >= 15 is 0 Å². The SMILES string of the molecule is O=C(O[C@@H]1CN2CCC1CC2)C(=O)N1CCc2ccccc2[C@@H]1c1ccc(F)cc1. The molecule has 0 radical (unpaired) electrons. The summed E-state index contributed by atoms with van der Waals surface area (Å²) < 4.78 is 19.2. The van der Waals surface area contributed by atoms with E-state index < -0.39 is 17.9 Å². The molecule has 0 aromatic heterocycles. The Morgan fingerprint density at radius 2 is 1.70 bits per heavy atom. The second-order valence-electron chi connectivity index (χ2n) is 8.48. The van der Waals surface area contributed by atoms with Gasteiger partial charge in [-0.2, -0.15) is 0 Å². The lowest BCUT2D eigenvalue weighted by Crippen LogP contribution is -2.53. The molecule has 0 saturated carbocycles. The summed E-state index contributed by atoms with van der Waals surface area (Å²) in [5.41, 5.74) is 2.90. The number of rotatable bonds is 2. The molecule has 0 N–H and O–H groups in total. The average Bonchev–Trinajstić information content (AvgIpc) is 2.79. The van der Waals surface area contributed by atoms with E-state index in [0.717, 1.165) is 42.6 Å². The number of hydrogen-bond acceptors (Lipinski definition) is 4. The molecule has 0 unspecified atom stereocenters. The first-order valence-corrected chi connectivity index (χ1v) is 10.7. The smallest absolute Gasteiger partial charge is 0.397 e. The van der Waals surface area contributed by atoms with E-state index in [-0.39, 0.29) is 11.9 Å². The van der Waals surface area contributed by atoms with Gasteiger partial charge in [0.2, 0.25) is 0 Å². The van der Waals surface area contributed by atoms with Crippen LogP contribution in [0.4, 0.5) is 4.39 Å². The molecule has 0 spiro atoms. The van der Waals surface area contributed by atoms with Crippen LogP contribution in [0.15, 0.2) is 48.5 Å². The van der Waals surface area contributed by atoms with E-state index in [1.807, 2.05) is 24.3 Å². The van der Waals surface area contributed by atoms with Gasteiger partial charge >= 0.3 is 11.9 Å². The van der Waals surface area contributed by atoms with E-state index in [2.05, 4.69) is 4.90 Å². The number of carbonyl (C=O) groups is 2. The number of halogens is 1. The maximum Gasteiger partial charge on any atom is 0.397 e. The fraction of sp³-hybridized carbons (Fsp3) is 0.417. The van der Waals surface area contributed by atoms with Crippen LogP contribution in [0.5, 0.6) is 0 Å². The Labute approximate surface area is 175 Å². The molecular weight excluding hydrogens is 383 g/mol. The molecule has 0 aliphatic carbocycles. The molecule has 2 bridgehead atoms. The third-order valence-electron chi connectivity index (χ3n) is 6.76. The number of esters is 1. The average molecular weight is 408 g/mol. The zero-order valence-corrected chi connectivity index (χ0v) is 16.8. The van der Waals surface area contributed by atoms with Crippen molar-refractivity contribution in [3.05, 3.63) is 71.0 Å². The lowest BCUT2D eigenvalue weighted by Gasteiger charge is -2.44. The summed E-state index contributed by atoms with van der Waals surface area (Å²) >= 11 is 0. The van der Waals surface area contributed by atoms with E-state index in [0.29, 0.717) is 25.4 Å². The summed E-state index contributed by atoms with van der Waals surface area (Å²) in [7, 11) is 0. The molecule has 4 aliphatic rings. The van der Waals surface area contributed by atoms with Gasteiger partial charge in [-0.15, -0.1) is 0 Å². The van der Waals surface area contributed by atoms with Crippen molar-refractivity contribution in [3.63, 3.8) is 0 Å². The molecule has 4 heterocycles. The monoisotopic (exact) mass is 408 g/mol. The third-order valence-corrected chi connectivity index (χ3v) is 6.76. The van der Waals surface area contributed by atoms with Gasteiger partial charge in [0, 0.05) is 13.1 Å². The number of piperidine rings is 3. The maximum atomic E-state index is 13.5. The number of benzene rings is 2. The van der Waals surface area contributed by atoms with Crippen molar-refractivity contribution >= 4 is 11.9 Å². The van der Waals surface area contributed by atoms with Gasteiger partial charge in [-0.3, -0.25) is 9.69 Å². The summed E-state index contributed by atoms with van der Waals surface area (Å²) in [6, 6.07) is 13.6. The summed E-state index contributed by atoms with van der Waals surface area (Å²) in [5.74, 6) is -1.38. The quantitative estimate of drug-likeness (QED) is 0.566. The molecule has 2 aromatic carbocycles. The second kappa shape index (κ2) is 7.84. The second-order valence-corrected chi connectivity index (χ2v) is 8.48. The minimum Gasteiger partial charge on any atom is -0.454 e. The van der Waals surface area contributed by atoms with Crippen molar-refractivity contribution in [3.8, 4) is 0 Å². The largest absolute Gasteiger partial charge is 0.454 e. The predicted octanol–water partition coefficient (Wildman–Crippen LogP) is 2.94. The molecular formula is C24H25FN2O3. The number of fused-ring (bicyclic) bond motifs is 4. The number of carbonyl (C=O) groups excluding carboxylic acids is 2. The molecule has 2 aromatic rings. The normalized spacial score (nSPS) is 27.4. The lowest BCUT2D eigenvalue weighted by molar-refractivity contribution is -0.171. The van der Waals surface area contributed by atoms with Crippen LogP contribution >= 0.6 is 0 Å². The first-order valence-electron chi connectivity index (χ1n) is 10.7. The van der Waals surface area contributed by atoms with Gasteiger partial charge in [-0.05, 0) is 67.1 Å². The van der Waals surface area contributed by atoms with Crippen LogP contribution in [0.2, 0.25) is 0 Å². The standard InChI is InChI=1S/C24H25FN2O3/c25-19-7-5-18(6-8-19)22-20-4-2-1-3-16(20)11-14-27(22)23(28)24(29)30-21-15-26-12-9-17(21)10-13-26/h1-8,17,21-22H,9-15H2/t21-,22+/m1/s1. The molecule has 30 heavy (non-hydrogen) atoms. The zero-order valence-electron chi connectivity index (χ0n) is 16.8. The minimum absolute atomic E-state index is 0.203. The fourth-order valence-corrected chi connectivity index (χ4v) is 5.14. The van der Waals surface area contributed by atoms with E-state index in [4.69, 9.17) is 4.74 Å². The molecule has 5 nitrogen and oxygen atoms in total. The van der Waals surface area contributed by atoms with E-state index in [1.54, 1.807) is 17.0 Å². The van der Waals surface area contributed by atoms with Gasteiger partial charge in [0.05, 0.1) is 6.04 Å². The Hall–Kier alpha value is -2.73. The molecule has 6 rings (SSSR count). The predicted molar refractivity (Wildman–Crippen MR) is 109 cm³/mol. The number of hydrogen-bond donors (Lipinski definition) is 0. The molecule has 1 amide bonds. The van der Waals surface area contributed by atoms with E-state index in [1.165, 1.54) is 12.1 Å². The van der Waals surface area contributed by atoms with Crippen molar-refractivity contribution in [1.29, 1.82) is 0 Å². The van der Waals surface area contributed by atoms with Crippen LogP contribution in [0, 0.1) is 11.7 Å². The summed E-state index contributed by atoms with van der Waals surface area (Å²) in [4.78, 5) is 29.9. The van der Waals surface area contributed by atoms with Gasteiger partial charge in [-0.25, -0.2) is 9.18 Å². The first kappa shape index (κ1) is 19.2. The lowest BCUT2D eigenvalue weighted by atomic mass is 9.86. The highest BCUT2D eigenvalue weighted by Crippen LogP contribution is 2.36. The molecule has 2 atom stereocenters. The Morgan fingerprint density at radius 3 is 2.40 bits per heavy atom. The molecule has 4 aliphatic heterocycles. The highest BCUT2D eigenvalue weighted by Gasteiger charge is 2.40. The number of amides is 1. The Morgan fingerprint density at radius 1 is 0.967 bits per heavy atom. The summed E-state index contributed by atoms with van der Waals surface area (Å²) in [6.45, 7) is 3.23. The van der Waals surface area contributed by atoms with Gasteiger partial charge in [0.15, 0.2) is 0 Å². The van der Waals surface area contributed by atoms with Gasteiger partial charge < -0.3 is 9.64 Å². The van der Waals surface area contributed by atoms with Crippen molar-refractivity contribution < 1.29 is 18.7 Å². The highest BCUT2D eigenvalue weighted by molar-refractivity contribution is 6.32. The van der Waals surface area contributed by atoms with Crippen molar-refractivity contribution in [2.24, 2.45) is 5.92 Å². The molecule has 156 valence electrons. The van der Waals surface area contributed by atoms with Crippen LogP contribution < -0.4 is 0 Å². The number of nitrogens with zero attached hydrogens (tertiary/aromatic N) is 2. The van der Waals surface area contributed by atoms with Gasteiger partial charge in [0.1, 0.15) is 11.9 Å². The zero-order chi connectivity index (χ0) is 20.7. The van der Waals surface area contributed by atoms with Crippen molar-refractivity contribution in [2.75, 3.05) is 26.2 Å². The summed E-state index contributed by atoms with van der Waals surface area (Å²) in [5, 5.41) is 0. The topological polar surface area (TPSA) is 49.9 Å². The number of ether oxygens (including phenoxy) is 1. The fourth-order valence-electron chi connectivity index (χ4n) is 5.14. The Kier molecular flexibility index (Phi) is 5.03. The van der Waals surface area contributed by atoms with Crippen LogP contribution in [0.25, 0.3) is 0 Å². The Bertz CT molecular complexity index is 953. The van der Waals surface area contributed by atoms with Crippen LogP contribution in [-0.4, -0.2) is 54.0 Å².